The van der Waals surface area contributed by atoms with Gasteiger partial charge in [-0.15, -0.1) is 11.3 Å². The minimum Gasteiger partial charge on any atom is -0.350 e. The van der Waals surface area contributed by atoms with Gasteiger partial charge in [-0.2, -0.15) is 11.8 Å². The molecule has 1 aromatic heterocycles. The van der Waals surface area contributed by atoms with Crippen molar-refractivity contribution in [2.24, 2.45) is 5.92 Å². The molecule has 23 heavy (non-hydrogen) atoms. The molecule has 0 aromatic carbocycles. The average molecular weight is 354 g/mol. The van der Waals surface area contributed by atoms with Gasteiger partial charge in [0.1, 0.15) is 5.01 Å². The first kappa shape index (κ1) is 16.8. The van der Waals surface area contributed by atoms with Gasteiger partial charge in [0.25, 0.3) is 0 Å². The molecule has 3 rings (SSSR count). The third kappa shape index (κ3) is 4.07. The maximum absolute atomic E-state index is 12.3. The molecule has 5 nitrogen and oxygen atoms in total. The summed E-state index contributed by atoms with van der Waals surface area (Å²) in [7, 11) is 0. The number of aromatic nitrogens is 1. The number of amides is 2. The van der Waals surface area contributed by atoms with Gasteiger partial charge in [-0.3, -0.25) is 9.59 Å². The largest absolute Gasteiger partial charge is 0.350 e. The SMILES string of the molecule is CSCc1nc(CNC(=O)C2CC(=O)N(C3CCCC3)C2)cs1. The monoisotopic (exact) mass is 353 g/mol. The van der Waals surface area contributed by atoms with Crippen LogP contribution in [0.15, 0.2) is 5.38 Å². The van der Waals surface area contributed by atoms with Crippen LogP contribution in [-0.4, -0.2) is 40.5 Å². The highest BCUT2D eigenvalue weighted by atomic mass is 32.2. The van der Waals surface area contributed by atoms with Crippen LogP contribution in [0.4, 0.5) is 0 Å². The van der Waals surface area contributed by atoms with E-state index in [1.54, 1.807) is 23.1 Å². The van der Waals surface area contributed by atoms with Crippen LogP contribution < -0.4 is 5.32 Å². The summed E-state index contributed by atoms with van der Waals surface area (Å²) in [6, 6.07) is 0.368. The highest BCUT2D eigenvalue weighted by Gasteiger charge is 2.38. The van der Waals surface area contributed by atoms with Gasteiger partial charge in [0.2, 0.25) is 11.8 Å². The van der Waals surface area contributed by atoms with Gasteiger partial charge >= 0.3 is 0 Å². The molecule has 126 valence electrons. The lowest BCUT2D eigenvalue weighted by atomic mass is 10.1. The Bertz CT molecular complexity index is 569. The van der Waals surface area contributed by atoms with Crippen molar-refractivity contribution in [2.75, 3.05) is 12.8 Å². The second-order valence-electron chi connectivity index (χ2n) is 6.27. The zero-order valence-corrected chi connectivity index (χ0v) is 15.0. The Morgan fingerprint density at radius 1 is 1.48 bits per heavy atom. The lowest BCUT2D eigenvalue weighted by molar-refractivity contribution is -0.130. The normalized spacial score (nSPS) is 22.0. The molecular formula is C16H23N3O2S2. The summed E-state index contributed by atoms with van der Waals surface area (Å²) in [6.45, 7) is 1.04. The molecule has 1 aliphatic carbocycles. The Morgan fingerprint density at radius 3 is 3.00 bits per heavy atom. The third-order valence-corrected chi connectivity index (χ3v) is 6.25. The number of carbonyl (C=O) groups is 2. The summed E-state index contributed by atoms with van der Waals surface area (Å²) in [5.41, 5.74) is 0.907. The van der Waals surface area contributed by atoms with E-state index in [2.05, 4.69) is 16.6 Å². The van der Waals surface area contributed by atoms with Crippen molar-refractivity contribution >= 4 is 34.9 Å². The third-order valence-electron chi connectivity index (χ3n) is 4.61. The van der Waals surface area contributed by atoms with E-state index in [1.807, 2.05) is 10.3 Å². The minimum absolute atomic E-state index is 0.0155. The maximum atomic E-state index is 12.3. The quantitative estimate of drug-likeness (QED) is 0.853. The van der Waals surface area contributed by atoms with E-state index in [4.69, 9.17) is 0 Å². The number of hydrogen-bond donors (Lipinski definition) is 1. The van der Waals surface area contributed by atoms with Gasteiger partial charge in [0, 0.05) is 30.1 Å². The molecule has 2 heterocycles. The van der Waals surface area contributed by atoms with E-state index in [0.717, 1.165) is 29.3 Å². The van der Waals surface area contributed by atoms with Crippen LogP contribution in [0.3, 0.4) is 0 Å². The number of nitrogens with one attached hydrogen (secondary N) is 1. The summed E-state index contributed by atoms with van der Waals surface area (Å²) in [5.74, 6) is 0.838. The predicted octanol–water partition coefficient (Wildman–Crippen LogP) is 2.41. The van der Waals surface area contributed by atoms with E-state index < -0.39 is 0 Å². The number of rotatable bonds is 6. The summed E-state index contributed by atoms with van der Waals surface area (Å²) >= 11 is 3.37. The van der Waals surface area contributed by atoms with Crippen LogP contribution >= 0.6 is 23.1 Å². The van der Waals surface area contributed by atoms with Crippen molar-refractivity contribution in [1.29, 1.82) is 0 Å². The van der Waals surface area contributed by atoms with Crippen molar-refractivity contribution < 1.29 is 9.59 Å². The molecule has 0 bridgehead atoms. The molecular weight excluding hydrogens is 330 g/mol. The summed E-state index contributed by atoms with van der Waals surface area (Å²) in [6.07, 6.45) is 7.00. The number of hydrogen-bond acceptors (Lipinski definition) is 5. The Kier molecular flexibility index (Phi) is 5.58. The van der Waals surface area contributed by atoms with E-state index >= 15 is 0 Å². The molecule has 1 N–H and O–H groups in total. The molecule has 1 unspecified atom stereocenters. The molecule has 1 atom stereocenters. The molecule has 1 aromatic rings. The summed E-state index contributed by atoms with van der Waals surface area (Å²) in [4.78, 5) is 30.9. The molecule has 2 aliphatic rings. The first-order chi connectivity index (χ1) is 11.2. The van der Waals surface area contributed by atoms with Crippen LogP contribution in [0.2, 0.25) is 0 Å². The number of carbonyl (C=O) groups excluding carboxylic acids is 2. The van der Waals surface area contributed by atoms with E-state index in [0.29, 0.717) is 25.6 Å². The Hall–Kier alpha value is -1.08. The first-order valence-electron chi connectivity index (χ1n) is 8.16. The Labute approximate surface area is 145 Å². The Balaban J connectivity index is 1.49. The molecule has 1 aliphatic heterocycles. The molecule has 2 amide bonds. The predicted molar refractivity (Wildman–Crippen MR) is 93.3 cm³/mol. The van der Waals surface area contributed by atoms with Crippen LogP contribution in [-0.2, 0) is 21.9 Å². The number of thioether (sulfide) groups is 1. The Morgan fingerprint density at radius 2 is 2.26 bits per heavy atom. The van der Waals surface area contributed by atoms with Crippen molar-refractivity contribution in [2.45, 2.75) is 50.4 Å². The van der Waals surface area contributed by atoms with Crippen LogP contribution in [0.1, 0.15) is 42.8 Å². The molecule has 1 saturated carbocycles. The van der Waals surface area contributed by atoms with E-state index in [-0.39, 0.29) is 17.7 Å². The molecule has 7 heteroatoms. The average Bonchev–Trinajstić information content (AvgIpc) is 3.25. The molecule has 0 radical (unpaired) electrons. The fourth-order valence-electron chi connectivity index (χ4n) is 3.42. The van der Waals surface area contributed by atoms with Gasteiger partial charge in [-0.1, -0.05) is 12.8 Å². The number of likely N-dealkylation sites (tertiary alicyclic amines) is 1. The summed E-state index contributed by atoms with van der Waals surface area (Å²) in [5, 5.41) is 6.03. The van der Waals surface area contributed by atoms with Crippen molar-refractivity contribution in [3.05, 3.63) is 16.1 Å². The lowest BCUT2D eigenvalue weighted by Crippen LogP contribution is -2.36. The molecule has 1 saturated heterocycles. The van der Waals surface area contributed by atoms with Gasteiger partial charge in [-0.05, 0) is 19.1 Å². The zero-order chi connectivity index (χ0) is 16.2. The fourth-order valence-corrected chi connectivity index (χ4v) is 4.93. The second-order valence-corrected chi connectivity index (χ2v) is 8.08. The number of nitrogens with zero attached hydrogens (tertiary/aromatic N) is 2. The van der Waals surface area contributed by atoms with E-state index in [1.165, 1.54) is 12.8 Å². The highest BCUT2D eigenvalue weighted by Crippen LogP contribution is 2.29. The van der Waals surface area contributed by atoms with Crippen molar-refractivity contribution in [3.63, 3.8) is 0 Å². The van der Waals surface area contributed by atoms with Crippen molar-refractivity contribution in [3.8, 4) is 0 Å². The van der Waals surface area contributed by atoms with Gasteiger partial charge < -0.3 is 10.2 Å². The number of thiazole rings is 1. The van der Waals surface area contributed by atoms with Crippen LogP contribution in [0.5, 0.6) is 0 Å². The van der Waals surface area contributed by atoms with Crippen molar-refractivity contribution in [1.82, 2.24) is 15.2 Å². The fraction of sp³-hybridized carbons (Fsp3) is 0.688. The van der Waals surface area contributed by atoms with E-state index in [9.17, 15) is 9.59 Å². The van der Waals surface area contributed by atoms with Gasteiger partial charge in [0.05, 0.1) is 18.2 Å². The van der Waals surface area contributed by atoms with Gasteiger partial charge in [-0.25, -0.2) is 4.98 Å². The first-order valence-corrected chi connectivity index (χ1v) is 10.4. The summed E-state index contributed by atoms with van der Waals surface area (Å²) < 4.78 is 0. The smallest absolute Gasteiger partial charge is 0.225 e. The second kappa shape index (κ2) is 7.66. The zero-order valence-electron chi connectivity index (χ0n) is 13.4. The maximum Gasteiger partial charge on any atom is 0.225 e. The molecule has 2 fully saturated rings. The standard InChI is InChI=1S/C16H23N3O2S2/c1-22-10-14-18-12(9-23-14)7-17-16(21)11-6-15(20)19(8-11)13-4-2-3-5-13/h9,11,13H,2-8,10H2,1H3,(H,17,21). The highest BCUT2D eigenvalue weighted by molar-refractivity contribution is 7.97. The van der Waals surface area contributed by atoms with Gasteiger partial charge in [0.15, 0.2) is 0 Å². The van der Waals surface area contributed by atoms with Crippen LogP contribution in [0.25, 0.3) is 0 Å². The lowest BCUT2D eigenvalue weighted by Gasteiger charge is -2.23. The van der Waals surface area contributed by atoms with Crippen LogP contribution in [0, 0.1) is 5.92 Å². The topological polar surface area (TPSA) is 62.3 Å². The minimum atomic E-state index is -0.201. The molecule has 0 spiro atoms.